The summed E-state index contributed by atoms with van der Waals surface area (Å²) in [7, 11) is 3.65. The van der Waals surface area contributed by atoms with Crippen LogP contribution >= 0.6 is 35.1 Å². The Morgan fingerprint density at radius 3 is 2.16 bits per heavy atom. The Morgan fingerprint density at radius 1 is 1.12 bits per heavy atom. The van der Waals surface area contributed by atoms with E-state index in [-0.39, 0.29) is 11.4 Å². The minimum atomic E-state index is -0.410. The lowest BCUT2D eigenvalue weighted by molar-refractivity contribution is -0.117. The molecule has 0 aromatic heterocycles. The molecule has 1 rings (SSSR count). The summed E-state index contributed by atoms with van der Waals surface area (Å²) in [6.45, 7) is 3.99. The summed E-state index contributed by atoms with van der Waals surface area (Å²) in [6, 6.07) is 6.79. The molecule has 1 aromatic rings. The molecule has 25 heavy (non-hydrogen) atoms. The van der Waals surface area contributed by atoms with Gasteiger partial charge in [0, 0.05) is 37.1 Å². The molecule has 7 heteroatoms. The Labute approximate surface area is 163 Å². The second-order valence-corrected chi connectivity index (χ2v) is 8.38. The third kappa shape index (κ3) is 7.59. The molecular weight excluding hydrogens is 376 g/mol. The Hall–Kier alpha value is -1.37. The predicted octanol–water partition coefficient (Wildman–Crippen LogP) is 4.64. The van der Waals surface area contributed by atoms with Gasteiger partial charge in [0.1, 0.15) is 5.57 Å². The summed E-state index contributed by atoms with van der Waals surface area (Å²) in [6.07, 6.45) is 3.06. The zero-order valence-electron chi connectivity index (χ0n) is 14.8. The lowest BCUT2D eigenvalue weighted by atomic mass is 10.1. The average molecular weight is 399 g/mol. The minimum absolute atomic E-state index is 0.173. The van der Waals surface area contributed by atoms with Crippen LogP contribution in [0.2, 0.25) is 5.02 Å². The molecule has 0 aliphatic carbocycles. The van der Waals surface area contributed by atoms with Crippen LogP contribution in [-0.2, 0) is 9.59 Å². The van der Waals surface area contributed by atoms with Crippen LogP contribution in [0.25, 0.3) is 0 Å². The molecular formula is C18H23ClN2O2S2. The van der Waals surface area contributed by atoms with Gasteiger partial charge in [-0.15, -0.1) is 23.5 Å². The molecule has 0 radical (unpaired) electrons. The molecule has 0 heterocycles. The van der Waals surface area contributed by atoms with Crippen molar-refractivity contribution in [3.8, 4) is 0 Å². The number of hydrogen-bond acceptors (Lipinski definition) is 5. The van der Waals surface area contributed by atoms with Crippen molar-refractivity contribution in [3.63, 3.8) is 0 Å². The zero-order valence-corrected chi connectivity index (χ0v) is 17.2. The highest BCUT2D eigenvalue weighted by atomic mass is 35.5. The van der Waals surface area contributed by atoms with Crippen molar-refractivity contribution >= 4 is 52.5 Å². The van der Waals surface area contributed by atoms with Gasteiger partial charge in [-0.3, -0.25) is 9.59 Å². The molecule has 0 unspecified atom stereocenters. The number of nitrogens with zero attached hydrogens (tertiary/aromatic N) is 1. The molecule has 1 N–H and O–H groups in total. The third-order valence-corrected chi connectivity index (χ3v) is 5.32. The summed E-state index contributed by atoms with van der Waals surface area (Å²) in [5.41, 5.74) is 0.769. The van der Waals surface area contributed by atoms with Crippen molar-refractivity contribution in [2.45, 2.75) is 13.8 Å². The van der Waals surface area contributed by atoms with Crippen molar-refractivity contribution in [2.75, 3.05) is 30.9 Å². The number of allylic oxidation sites excluding steroid dienone is 1. The van der Waals surface area contributed by atoms with Crippen molar-refractivity contribution in [1.82, 2.24) is 4.90 Å². The van der Waals surface area contributed by atoms with Gasteiger partial charge < -0.3 is 10.2 Å². The minimum Gasteiger partial charge on any atom is -0.383 e. The van der Waals surface area contributed by atoms with Gasteiger partial charge in [-0.1, -0.05) is 25.4 Å². The first kappa shape index (κ1) is 21.7. The molecule has 0 aliphatic heterocycles. The topological polar surface area (TPSA) is 49.4 Å². The van der Waals surface area contributed by atoms with Crippen molar-refractivity contribution in [3.05, 3.63) is 51.4 Å². The van der Waals surface area contributed by atoms with Gasteiger partial charge in [-0.25, -0.2) is 0 Å². The molecule has 0 aliphatic rings. The number of benzene rings is 1. The van der Waals surface area contributed by atoms with Crippen LogP contribution in [0.15, 0.2) is 46.4 Å². The van der Waals surface area contributed by atoms with Crippen molar-refractivity contribution < 1.29 is 9.59 Å². The highest BCUT2D eigenvalue weighted by Crippen LogP contribution is 2.32. The number of carbonyl (C=O) groups excluding carboxylic acids is 2. The summed E-state index contributed by atoms with van der Waals surface area (Å²) in [4.78, 5) is 27.2. The Kier molecular flexibility index (Phi) is 9.78. The van der Waals surface area contributed by atoms with Crippen LogP contribution in [0.1, 0.15) is 13.8 Å². The van der Waals surface area contributed by atoms with Gasteiger partial charge >= 0.3 is 0 Å². The molecule has 0 atom stereocenters. The third-order valence-electron chi connectivity index (χ3n) is 2.85. The fraction of sp³-hybridized carbons (Fsp3) is 0.333. The van der Waals surface area contributed by atoms with E-state index in [0.29, 0.717) is 10.7 Å². The number of nitrogens with one attached hydrogen (secondary N) is 1. The molecule has 1 aromatic carbocycles. The lowest BCUT2D eigenvalue weighted by Crippen LogP contribution is -2.21. The largest absolute Gasteiger partial charge is 0.383 e. The normalized spacial score (nSPS) is 10.6. The second kappa shape index (κ2) is 11.3. The Morgan fingerprint density at radius 2 is 1.68 bits per heavy atom. The average Bonchev–Trinajstić information content (AvgIpc) is 2.55. The summed E-state index contributed by atoms with van der Waals surface area (Å²) >= 11 is 8.88. The van der Waals surface area contributed by atoms with Crippen LogP contribution in [0.3, 0.4) is 0 Å². The van der Waals surface area contributed by atoms with Crippen LogP contribution < -0.4 is 5.32 Å². The molecule has 4 nitrogen and oxygen atoms in total. The van der Waals surface area contributed by atoms with E-state index in [4.69, 9.17) is 11.6 Å². The van der Waals surface area contributed by atoms with E-state index in [1.165, 1.54) is 29.6 Å². The predicted molar refractivity (Wildman–Crippen MR) is 111 cm³/mol. The molecule has 0 fully saturated rings. The number of thioether (sulfide) groups is 2. The van der Waals surface area contributed by atoms with Crippen molar-refractivity contribution in [2.24, 2.45) is 0 Å². The highest BCUT2D eigenvalue weighted by molar-refractivity contribution is 8.22. The van der Waals surface area contributed by atoms with Gasteiger partial charge in [-0.05, 0) is 35.8 Å². The smallest absolute Gasteiger partial charge is 0.261 e. The SMILES string of the molecule is CCSC(SCC)=C(C(=O)/C=C/N(C)C)C(=O)Nc1ccc(Cl)cc1. The second-order valence-electron chi connectivity index (χ2n) is 5.13. The highest BCUT2D eigenvalue weighted by Gasteiger charge is 2.22. The number of hydrogen-bond donors (Lipinski definition) is 1. The number of anilines is 1. The summed E-state index contributed by atoms with van der Waals surface area (Å²) < 4.78 is 0.741. The van der Waals surface area contributed by atoms with Crippen LogP contribution in [0, 0.1) is 0 Å². The zero-order chi connectivity index (χ0) is 18.8. The van der Waals surface area contributed by atoms with Gasteiger partial charge in [0.15, 0.2) is 5.78 Å². The first-order valence-electron chi connectivity index (χ1n) is 7.84. The molecule has 0 bridgehead atoms. The van der Waals surface area contributed by atoms with Gasteiger partial charge in [0.2, 0.25) is 0 Å². The monoisotopic (exact) mass is 398 g/mol. The van der Waals surface area contributed by atoms with E-state index in [1.807, 2.05) is 27.9 Å². The molecule has 0 saturated carbocycles. The number of halogens is 1. The molecule has 0 saturated heterocycles. The van der Waals surface area contributed by atoms with E-state index < -0.39 is 5.91 Å². The molecule has 1 amide bonds. The standard InChI is InChI=1S/C18H23ClN2O2S2/c1-5-24-18(25-6-2)16(15(22)11-12-21(3)4)17(23)20-14-9-7-13(19)8-10-14/h7-12H,5-6H2,1-4H3,(H,20,23)/b12-11+. The maximum atomic E-state index is 12.8. The van der Waals surface area contributed by atoms with E-state index in [1.54, 1.807) is 35.4 Å². The quantitative estimate of drug-likeness (QED) is 0.373. The van der Waals surface area contributed by atoms with E-state index in [9.17, 15) is 9.59 Å². The lowest BCUT2D eigenvalue weighted by Gasteiger charge is -2.13. The maximum absolute atomic E-state index is 12.8. The van der Waals surface area contributed by atoms with Crippen LogP contribution in [0.5, 0.6) is 0 Å². The number of amides is 1. The maximum Gasteiger partial charge on any atom is 0.261 e. The first-order chi connectivity index (χ1) is 11.9. The Balaban J connectivity index is 3.18. The first-order valence-corrected chi connectivity index (χ1v) is 10.2. The van der Waals surface area contributed by atoms with Gasteiger partial charge in [0.25, 0.3) is 5.91 Å². The number of rotatable bonds is 9. The summed E-state index contributed by atoms with van der Waals surface area (Å²) in [5, 5.41) is 3.37. The van der Waals surface area contributed by atoms with Gasteiger partial charge in [-0.2, -0.15) is 0 Å². The van der Waals surface area contributed by atoms with E-state index >= 15 is 0 Å². The van der Waals surface area contributed by atoms with Crippen LogP contribution in [0.4, 0.5) is 5.69 Å². The van der Waals surface area contributed by atoms with Crippen molar-refractivity contribution in [1.29, 1.82) is 0 Å². The fourth-order valence-corrected chi connectivity index (χ4v) is 4.15. The molecule has 136 valence electrons. The Bertz CT molecular complexity index is 648. The number of carbonyl (C=O) groups is 2. The van der Waals surface area contributed by atoms with E-state index in [2.05, 4.69) is 5.32 Å². The van der Waals surface area contributed by atoms with E-state index in [0.717, 1.165) is 15.7 Å². The molecule has 0 spiro atoms. The fourth-order valence-electron chi connectivity index (χ4n) is 1.78. The summed E-state index contributed by atoms with van der Waals surface area (Å²) in [5.74, 6) is 0.847. The van der Waals surface area contributed by atoms with Crippen LogP contribution in [-0.4, -0.2) is 42.2 Å². The van der Waals surface area contributed by atoms with Gasteiger partial charge in [0.05, 0.1) is 4.24 Å². The number of ketones is 1.